The topological polar surface area (TPSA) is 146 Å². The van der Waals surface area contributed by atoms with Gasteiger partial charge in [0.25, 0.3) is 0 Å². The van der Waals surface area contributed by atoms with Crippen molar-refractivity contribution in [1.29, 1.82) is 0 Å². The van der Waals surface area contributed by atoms with Gasteiger partial charge in [0.05, 0.1) is 12.2 Å². The van der Waals surface area contributed by atoms with Gasteiger partial charge >= 0.3 is 5.97 Å². The summed E-state index contributed by atoms with van der Waals surface area (Å²) in [6.45, 7) is -0.676. The van der Waals surface area contributed by atoms with E-state index in [2.05, 4.69) is 0 Å². The van der Waals surface area contributed by atoms with E-state index >= 15 is 0 Å². The van der Waals surface area contributed by atoms with E-state index in [0.29, 0.717) is 11.1 Å². The van der Waals surface area contributed by atoms with Gasteiger partial charge in [-0.05, 0) is 29.8 Å². The van der Waals surface area contributed by atoms with E-state index in [1.807, 2.05) is 0 Å². The van der Waals surface area contributed by atoms with Crippen LogP contribution in [0.5, 0.6) is 11.5 Å². The first-order chi connectivity index (χ1) is 13.9. The molecule has 1 fully saturated rings. The summed E-state index contributed by atoms with van der Waals surface area (Å²) < 4.78 is 16.0. The van der Waals surface area contributed by atoms with Gasteiger partial charge in [0.1, 0.15) is 31.0 Å². The summed E-state index contributed by atoms with van der Waals surface area (Å²) in [5.41, 5.74) is 0.751. The van der Waals surface area contributed by atoms with Crippen molar-refractivity contribution < 1.29 is 44.5 Å². The molecule has 0 unspecified atom stereocenters. The first-order valence-corrected chi connectivity index (χ1v) is 8.92. The molecule has 29 heavy (non-hydrogen) atoms. The van der Waals surface area contributed by atoms with E-state index in [1.165, 1.54) is 18.2 Å². The number of esters is 1. The van der Waals surface area contributed by atoms with E-state index in [9.17, 15) is 25.2 Å². The van der Waals surface area contributed by atoms with Crippen LogP contribution in [0.3, 0.4) is 0 Å². The molecule has 0 radical (unpaired) electrons. The molecule has 0 aliphatic carbocycles. The lowest BCUT2D eigenvalue weighted by Gasteiger charge is -2.39. The molecular weight excluding hydrogens is 384 g/mol. The molecule has 0 spiro atoms. The van der Waals surface area contributed by atoms with Crippen molar-refractivity contribution in [2.45, 2.75) is 37.3 Å². The maximum Gasteiger partial charge on any atom is 0.338 e. The molecule has 0 amide bonds. The lowest BCUT2D eigenvalue weighted by molar-refractivity contribution is -0.277. The monoisotopic (exact) mass is 406 g/mol. The molecule has 156 valence electrons. The molecule has 0 aromatic heterocycles. The smallest absolute Gasteiger partial charge is 0.338 e. The second kappa shape index (κ2) is 9.21. The third kappa shape index (κ3) is 4.84. The summed E-state index contributed by atoms with van der Waals surface area (Å²) >= 11 is 0. The van der Waals surface area contributed by atoms with Crippen molar-refractivity contribution >= 4 is 5.97 Å². The van der Waals surface area contributed by atoms with Crippen LogP contribution in [0.25, 0.3) is 0 Å². The van der Waals surface area contributed by atoms with E-state index < -0.39 is 43.3 Å². The zero-order chi connectivity index (χ0) is 21.0. The van der Waals surface area contributed by atoms with Crippen molar-refractivity contribution in [2.24, 2.45) is 0 Å². The molecular formula is C20H22O9. The molecule has 1 heterocycles. The molecule has 0 saturated carbocycles. The van der Waals surface area contributed by atoms with E-state index in [-0.39, 0.29) is 18.1 Å². The van der Waals surface area contributed by atoms with E-state index in [4.69, 9.17) is 19.3 Å². The SMILES string of the molecule is O=C(OC[C@H]1O[C@@H](Oc2ccc(CO)cc2O)[C@@H](O)[C@@H](O)[C@H]1O)c1ccccc1. The number of hydrogen-bond donors (Lipinski definition) is 5. The van der Waals surface area contributed by atoms with Crippen molar-refractivity contribution in [3.63, 3.8) is 0 Å². The fourth-order valence-electron chi connectivity index (χ4n) is 2.85. The van der Waals surface area contributed by atoms with Crippen molar-refractivity contribution in [3.8, 4) is 11.5 Å². The quantitative estimate of drug-likeness (QED) is 0.416. The Balaban J connectivity index is 1.67. The molecule has 9 heteroatoms. The fourth-order valence-corrected chi connectivity index (χ4v) is 2.85. The molecule has 5 N–H and O–H groups in total. The summed E-state index contributed by atoms with van der Waals surface area (Å²) in [6.07, 6.45) is -7.40. The first-order valence-electron chi connectivity index (χ1n) is 8.92. The van der Waals surface area contributed by atoms with Gasteiger partial charge in [-0.3, -0.25) is 0 Å². The van der Waals surface area contributed by atoms with Gasteiger partial charge in [-0.2, -0.15) is 0 Å². The van der Waals surface area contributed by atoms with Crippen molar-refractivity contribution in [1.82, 2.24) is 0 Å². The zero-order valence-corrected chi connectivity index (χ0v) is 15.3. The number of carbonyl (C=O) groups excluding carboxylic acids is 1. The highest BCUT2D eigenvalue weighted by Gasteiger charge is 2.45. The molecule has 5 atom stereocenters. The minimum atomic E-state index is -1.63. The minimum absolute atomic E-state index is 0.0603. The lowest BCUT2D eigenvalue weighted by Crippen LogP contribution is -2.60. The van der Waals surface area contributed by atoms with Crippen LogP contribution in [0.15, 0.2) is 48.5 Å². The lowest BCUT2D eigenvalue weighted by atomic mass is 9.99. The first kappa shape index (κ1) is 21.0. The molecule has 1 aliphatic rings. The highest BCUT2D eigenvalue weighted by molar-refractivity contribution is 5.89. The average Bonchev–Trinajstić information content (AvgIpc) is 2.74. The van der Waals surface area contributed by atoms with Gasteiger partial charge in [-0.15, -0.1) is 0 Å². The fraction of sp³-hybridized carbons (Fsp3) is 0.350. The molecule has 2 aromatic carbocycles. The predicted molar refractivity (Wildman–Crippen MR) is 98.1 cm³/mol. The Kier molecular flexibility index (Phi) is 6.68. The summed E-state index contributed by atoms with van der Waals surface area (Å²) in [7, 11) is 0. The predicted octanol–water partition coefficient (Wildman–Crippen LogP) is -0.0721. The van der Waals surface area contributed by atoms with Gasteiger partial charge in [-0.1, -0.05) is 24.3 Å². The Labute approximate surface area is 166 Å². The van der Waals surface area contributed by atoms with Gasteiger partial charge in [-0.25, -0.2) is 4.79 Å². The highest BCUT2D eigenvalue weighted by atomic mass is 16.7. The number of aliphatic hydroxyl groups excluding tert-OH is 4. The van der Waals surface area contributed by atoms with Crippen LogP contribution in [0, 0.1) is 0 Å². The Morgan fingerprint density at radius 1 is 1.00 bits per heavy atom. The van der Waals surface area contributed by atoms with Crippen LogP contribution in [0.2, 0.25) is 0 Å². The van der Waals surface area contributed by atoms with Gasteiger partial charge in [0, 0.05) is 0 Å². The zero-order valence-electron chi connectivity index (χ0n) is 15.3. The maximum atomic E-state index is 12.1. The number of hydrogen-bond acceptors (Lipinski definition) is 9. The van der Waals surface area contributed by atoms with Crippen LogP contribution in [-0.2, 0) is 16.1 Å². The minimum Gasteiger partial charge on any atom is -0.504 e. The third-order valence-electron chi connectivity index (χ3n) is 4.51. The number of carbonyl (C=O) groups is 1. The van der Waals surface area contributed by atoms with Gasteiger partial charge in [0.2, 0.25) is 6.29 Å². The normalized spacial score (nSPS) is 26.7. The second-order valence-corrected chi connectivity index (χ2v) is 6.56. The Hall–Kier alpha value is -2.69. The molecule has 3 rings (SSSR count). The summed E-state index contributed by atoms with van der Waals surface area (Å²) in [5, 5.41) is 49.4. The van der Waals surface area contributed by atoms with Crippen molar-refractivity contribution in [3.05, 3.63) is 59.7 Å². The Morgan fingerprint density at radius 3 is 2.38 bits per heavy atom. The second-order valence-electron chi connectivity index (χ2n) is 6.56. The molecule has 2 aromatic rings. The Bertz CT molecular complexity index is 826. The standard InChI is InChI=1S/C20H22O9/c21-9-11-6-7-14(13(22)8-11)28-20-18(25)17(24)16(23)15(29-20)10-27-19(26)12-4-2-1-3-5-12/h1-8,15-18,20-25H,9-10H2/t15-,16+,17+,18+,20-/m1/s1. The molecule has 1 saturated heterocycles. The van der Waals surface area contributed by atoms with Gasteiger partial charge < -0.3 is 39.7 Å². The summed E-state index contributed by atoms with van der Waals surface area (Å²) in [5.74, 6) is -1.01. The maximum absolute atomic E-state index is 12.1. The Morgan fingerprint density at radius 2 is 1.72 bits per heavy atom. The number of benzene rings is 2. The number of ether oxygens (including phenoxy) is 3. The van der Waals surface area contributed by atoms with E-state index in [0.717, 1.165) is 0 Å². The van der Waals surface area contributed by atoms with E-state index in [1.54, 1.807) is 30.3 Å². The highest BCUT2D eigenvalue weighted by Crippen LogP contribution is 2.31. The van der Waals surface area contributed by atoms with Crippen LogP contribution in [0.1, 0.15) is 15.9 Å². The number of phenols is 1. The largest absolute Gasteiger partial charge is 0.504 e. The molecule has 0 bridgehead atoms. The van der Waals surface area contributed by atoms with Crippen LogP contribution in [-0.4, -0.2) is 68.8 Å². The summed E-state index contributed by atoms with van der Waals surface area (Å²) in [6, 6.07) is 12.3. The van der Waals surface area contributed by atoms with Crippen molar-refractivity contribution in [2.75, 3.05) is 6.61 Å². The number of aliphatic hydroxyl groups is 4. The number of phenolic OH excluding ortho intramolecular Hbond substituents is 1. The summed E-state index contributed by atoms with van der Waals surface area (Å²) in [4.78, 5) is 12.1. The van der Waals surface area contributed by atoms with Gasteiger partial charge in [0.15, 0.2) is 11.5 Å². The average molecular weight is 406 g/mol. The molecule has 9 nitrogen and oxygen atoms in total. The van der Waals surface area contributed by atoms with Crippen LogP contribution >= 0.6 is 0 Å². The number of aromatic hydroxyl groups is 1. The third-order valence-corrected chi connectivity index (χ3v) is 4.51. The van der Waals surface area contributed by atoms with Crippen LogP contribution < -0.4 is 4.74 Å². The number of rotatable bonds is 6. The van der Waals surface area contributed by atoms with Crippen LogP contribution in [0.4, 0.5) is 0 Å². The molecule has 1 aliphatic heterocycles.